The summed E-state index contributed by atoms with van der Waals surface area (Å²) in [7, 11) is 0. The maximum atomic E-state index is 11.6. The zero-order valence-electron chi connectivity index (χ0n) is 10.8. The highest BCUT2D eigenvalue weighted by molar-refractivity contribution is 5.82. The lowest BCUT2D eigenvalue weighted by Crippen LogP contribution is -2.33. The average molecular weight is 254 g/mol. The number of primary amides is 1. The third-order valence-electron chi connectivity index (χ3n) is 2.68. The second-order valence-corrected chi connectivity index (χ2v) is 4.03. The van der Waals surface area contributed by atoms with Crippen molar-refractivity contribution in [3.8, 4) is 0 Å². The molecule has 0 radical (unpaired) electrons. The van der Waals surface area contributed by atoms with Gasteiger partial charge in [0.05, 0.1) is 17.1 Å². The van der Waals surface area contributed by atoms with Crippen molar-refractivity contribution in [2.75, 3.05) is 5.73 Å². The lowest BCUT2D eigenvalue weighted by Gasteiger charge is -2.12. The highest BCUT2D eigenvalue weighted by atomic mass is 16.5. The summed E-state index contributed by atoms with van der Waals surface area (Å²) in [5.41, 5.74) is 12.7. The molecule has 7 nitrogen and oxygen atoms in total. The van der Waals surface area contributed by atoms with Gasteiger partial charge < -0.3 is 16.2 Å². The third kappa shape index (κ3) is 2.99. The van der Waals surface area contributed by atoms with Gasteiger partial charge in [-0.1, -0.05) is 6.92 Å². The molecule has 100 valence electrons. The molecule has 1 aromatic heterocycles. The Hall–Kier alpha value is -2.05. The topological polar surface area (TPSA) is 113 Å². The predicted octanol–water partition coefficient (Wildman–Crippen LogP) is -0.111. The van der Waals surface area contributed by atoms with Crippen LogP contribution in [-0.2, 0) is 20.9 Å². The Balaban J connectivity index is 2.70. The van der Waals surface area contributed by atoms with Crippen LogP contribution in [0.3, 0.4) is 0 Å². The predicted molar refractivity (Wildman–Crippen MR) is 65.5 cm³/mol. The number of carbonyl (C=O) groups is 2. The Morgan fingerprint density at radius 2 is 2.06 bits per heavy atom. The van der Waals surface area contributed by atoms with E-state index in [9.17, 15) is 9.59 Å². The van der Waals surface area contributed by atoms with Gasteiger partial charge in [-0.05, 0) is 20.3 Å². The molecule has 0 bridgehead atoms. The molecule has 4 N–H and O–H groups in total. The number of esters is 1. The molecule has 1 aromatic rings. The number of nitrogens with zero attached hydrogens (tertiary/aromatic N) is 2. The van der Waals surface area contributed by atoms with Crippen LogP contribution < -0.4 is 11.5 Å². The van der Waals surface area contributed by atoms with Crippen LogP contribution in [0.1, 0.15) is 24.7 Å². The number of aryl methyl sites for hydroxylation is 1. The van der Waals surface area contributed by atoms with Crippen LogP contribution in [0.25, 0.3) is 0 Å². The summed E-state index contributed by atoms with van der Waals surface area (Å²) in [6.07, 6.45) is -0.549. The van der Waals surface area contributed by atoms with Crippen LogP contribution in [-0.4, -0.2) is 27.8 Å². The molecule has 18 heavy (non-hydrogen) atoms. The highest BCUT2D eigenvalue weighted by Crippen LogP contribution is 2.14. The van der Waals surface area contributed by atoms with E-state index in [0.717, 1.165) is 0 Å². The zero-order chi connectivity index (χ0) is 13.9. The van der Waals surface area contributed by atoms with E-state index in [-0.39, 0.29) is 6.54 Å². The van der Waals surface area contributed by atoms with Crippen LogP contribution in [0.4, 0.5) is 5.69 Å². The number of hydrogen-bond acceptors (Lipinski definition) is 5. The van der Waals surface area contributed by atoms with Crippen molar-refractivity contribution in [3.63, 3.8) is 0 Å². The van der Waals surface area contributed by atoms with Crippen LogP contribution in [0.2, 0.25) is 0 Å². The summed E-state index contributed by atoms with van der Waals surface area (Å²) in [5.74, 6) is -1.22. The van der Waals surface area contributed by atoms with Gasteiger partial charge in [0.15, 0.2) is 6.10 Å². The quantitative estimate of drug-likeness (QED) is 0.712. The number of ether oxygens (including phenoxy) is 1. The van der Waals surface area contributed by atoms with Crippen molar-refractivity contribution in [2.24, 2.45) is 5.73 Å². The van der Waals surface area contributed by atoms with Crippen LogP contribution in [0.5, 0.6) is 0 Å². The van der Waals surface area contributed by atoms with Gasteiger partial charge in [-0.25, -0.2) is 0 Å². The molecule has 0 saturated carbocycles. The maximum absolute atomic E-state index is 11.6. The highest BCUT2D eigenvalue weighted by Gasteiger charge is 2.19. The molecule has 0 aliphatic carbocycles. The summed E-state index contributed by atoms with van der Waals surface area (Å²) in [6.45, 7) is 5.13. The van der Waals surface area contributed by atoms with Crippen molar-refractivity contribution in [1.29, 1.82) is 0 Å². The zero-order valence-corrected chi connectivity index (χ0v) is 10.8. The van der Waals surface area contributed by atoms with Crippen LogP contribution in [0.15, 0.2) is 0 Å². The second-order valence-electron chi connectivity index (χ2n) is 4.03. The van der Waals surface area contributed by atoms with Gasteiger partial charge in [-0.3, -0.25) is 14.3 Å². The second kappa shape index (κ2) is 5.52. The molecule has 0 aliphatic heterocycles. The summed E-state index contributed by atoms with van der Waals surface area (Å²) < 4.78 is 6.40. The summed E-state index contributed by atoms with van der Waals surface area (Å²) in [6, 6.07) is 0. The Kier molecular flexibility index (Phi) is 4.30. The molecular weight excluding hydrogens is 236 g/mol. The molecule has 0 spiro atoms. The first-order valence-corrected chi connectivity index (χ1v) is 5.65. The average Bonchev–Trinajstić information content (AvgIpc) is 2.53. The van der Waals surface area contributed by atoms with E-state index in [0.29, 0.717) is 23.5 Å². The standard InChI is InChI=1S/C11H18N4O3/c1-4-8(11(13)17)18-9(16)5-15-7(3)10(12)6(2)14-15/h8H,4-5,12H2,1-3H3,(H2,13,17). The first-order chi connectivity index (χ1) is 8.36. The Morgan fingerprint density at radius 3 is 2.44 bits per heavy atom. The van der Waals surface area contributed by atoms with Crippen molar-refractivity contribution in [2.45, 2.75) is 39.8 Å². The maximum Gasteiger partial charge on any atom is 0.328 e. The van der Waals surface area contributed by atoms with E-state index in [2.05, 4.69) is 5.10 Å². The van der Waals surface area contributed by atoms with Gasteiger partial charge >= 0.3 is 5.97 Å². The molecule has 7 heteroatoms. The number of carbonyl (C=O) groups excluding carboxylic acids is 2. The molecule has 0 aliphatic rings. The minimum atomic E-state index is -0.896. The molecule has 0 fully saturated rings. The lowest BCUT2D eigenvalue weighted by atomic mass is 10.3. The summed E-state index contributed by atoms with van der Waals surface area (Å²) in [4.78, 5) is 22.6. The van der Waals surface area contributed by atoms with Crippen molar-refractivity contribution >= 4 is 17.6 Å². The van der Waals surface area contributed by atoms with Gasteiger partial charge in [-0.2, -0.15) is 5.10 Å². The fourth-order valence-electron chi connectivity index (χ4n) is 1.53. The van der Waals surface area contributed by atoms with Gasteiger partial charge in [0, 0.05) is 0 Å². The normalized spacial score (nSPS) is 12.2. The fourth-order valence-corrected chi connectivity index (χ4v) is 1.53. The lowest BCUT2D eigenvalue weighted by molar-refractivity contribution is -0.155. The van der Waals surface area contributed by atoms with E-state index in [1.807, 2.05) is 0 Å². The van der Waals surface area contributed by atoms with Gasteiger partial charge in [-0.15, -0.1) is 0 Å². The van der Waals surface area contributed by atoms with E-state index in [1.165, 1.54) is 4.68 Å². The van der Waals surface area contributed by atoms with Crippen molar-refractivity contribution < 1.29 is 14.3 Å². The number of amides is 1. The molecule has 1 heterocycles. The smallest absolute Gasteiger partial charge is 0.328 e. The molecule has 1 unspecified atom stereocenters. The minimum Gasteiger partial charge on any atom is -0.451 e. The Morgan fingerprint density at radius 1 is 1.44 bits per heavy atom. The Bertz CT molecular complexity index is 467. The SMILES string of the molecule is CCC(OC(=O)Cn1nc(C)c(N)c1C)C(N)=O. The largest absolute Gasteiger partial charge is 0.451 e. The van der Waals surface area contributed by atoms with Gasteiger partial charge in [0.25, 0.3) is 5.91 Å². The fraction of sp³-hybridized carbons (Fsp3) is 0.545. The molecule has 0 saturated heterocycles. The van der Waals surface area contributed by atoms with Gasteiger partial charge in [0.1, 0.15) is 6.54 Å². The van der Waals surface area contributed by atoms with Crippen LogP contribution >= 0.6 is 0 Å². The molecule has 0 aromatic carbocycles. The van der Waals surface area contributed by atoms with Crippen LogP contribution in [0, 0.1) is 13.8 Å². The molecule has 1 atom stereocenters. The van der Waals surface area contributed by atoms with E-state index < -0.39 is 18.0 Å². The first-order valence-electron chi connectivity index (χ1n) is 5.65. The third-order valence-corrected chi connectivity index (χ3v) is 2.68. The summed E-state index contributed by atoms with van der Waals surface area (Å²) >= 11 is 0. The number of nitrogens with two attached hydrogens (primary N) is 2. The number of nitrogen functional groups attached to an aromatic ring is 1. The first kappa shape index (κ1) is 14.0. The van der Waals surface area contributed by atoms with E-state index in [1.54, 1.807) is 20.8 Å². The number of anilines is 1. The van der Waals surface area contributed by atoms with E-state index in [4.69, 9.17) is 16.2 Å². The van der Waals surface area contributed by atoms with Gasteiger partial charge in [0.2, 0.25) is 0 Å². The number of rotatable bonds is 5. The summed E-state index contributed by atoms with van der Waals surface area (Å²) in [5, 5.41) is 4.10. The molecule has 1 amide bonds. The van der Waals surface area contributed by atoms with Crippen molar-refractivity contribution in [3.05, 3.63) is 11.4 Å². The number of aromatic nitrogens is 2. The van der Waals surface area contributed by atoms with Crippen molar-refractivity contribution in [1.82, 2.24) is 9.78 Å². The number of hydrogen-bond donors (Lipinski definition) is 2. The monoisotopic (exact) mass is 254 g/mol. The molecular formula is C11H18N4O3. The minimum absolute atomic E-state index is 0.0896. The Labute approximate surface area is 105 Å². The molecule has 1 rings (SSSR count). The van der Waals surface area contributed by atoms with E-state index >= 15 is 0 Å².